The number of aromatic nitrogens is 2. The zero-order valence-corrected chi connectivity index (χ0v) is 16.7. The van der Waals surface area contributed by atoms with Crippen LogP contribution in [0.2, 0.25) is 0 Å². The quantitative estimate of drug-likeness (QED) is 0.810. The number of aliphatic hydroxyl groups excluding tert-OH is 1. The van der Waals surface area contributed by atoms with E-state index in [1.54, 1.807) is 0 Å². The van der Waals surface area contributed by atoms with Gasteiger partial charge in [0.1, 0.15) is 30.3 Å². The normalized spacial score (nSPS) is 23.9. The third-order valence-corrected chi connectivity index (χ3v) is 7.46. The average Bonchev–Trinajstić information content (AvgIpc) is 3.29. The van der Waals surface area contributed by atoms with E-state index >= 15 is 0 Å². The zero-order valence-electron chi connectivity index (χ0n) is 15.9. The van der Waals surface area contributed by atoms with Crippen LogP contribution in [0, 0.1) is 5.92 Å². The Kier molecular flexibility index (Phi) is 5.02. The number of thiophene rings is 1. The summed E-state index contributed by atoms with van der Waals surface area (Å²) < 4.78 is 5.50. The Hall–Kier alpha value is -1.28. The molecule has 2 aliphatic heterocycles. The molecule has 0 bridgehead atoms. The molecule has 4 heterocycles. The van der Waals surface area contributed by atoms with E-state index in [4.69, 9.17) is 14.7 Å². The Morgan fingerprint density at radius 3 is 2.93 bits per heavy atom. The SMILES string of the molecule is OC[C@H]1CCCN(c2nc(C[NH+]3CCOCC3)nc3sc4c(c23)CCC4)C1. The summed E-state index contributed by atoms with van der Waals surface area (Å²) in [5, 5.41) is 11.0. The zero-order chi connectivity index (χ0) is 18.2. The fraction of sp³-hybridized carbons (Fsp3) is 0.700. The number of nitrogens with zero attached hydrogens (tertiary/aromatic N) is 3. The van der Waals surface area contributed by atoms with E-state index in [0.29, 0.717) is 5.92 Å². The van der Waals surface area contributed by atoms with E-state index in [-0.39, 0.29) is 6.61 Å². The van der Waals surface area contributed by atoms with Gasteiger partial charge in [0.2, 0.25) is 0 Å². The molecule has 2 N–H and O–H groups in total. The monoisotopic (exact) mass is 389 g/mol. The lowest BCUT2D eigenvalue weighted by Gasteiger charge is -2.33. The highest BCUT2D eigenvalue weighted by Gasteiger charge is 2.28. The predicted octanol–water partition coefficient (Wildman–Crippen LogP) is 0.804. The van der Waals surface area contributed by atoms with Crippen molar-refractivity contribution < 1.29 is 14.7 Å². The maximum Gasteiger partial charge on any atom is 0.187 e. The highest BCUT2D eigenvalue weighted by molar-refractivity contribution is 7.19. The second-order valence-electron chi connectivity index (χ2n) is 8.18. The third-order valence-electron chi connectivity index (χ3n) is 6.28. The molecular weight excluding hydrogens is 360 g/mol. The van der Waals surface area contributed by atoms with Crippen LogP contribution in [0.5, 0.6) is 0 Å². The van der Waals surface area contributed by atoms with Gasteiger partial charge in [-0.25, -0.2) is 9.97 Å². The minimum Gasteiger partial charge on any atom is -0.396 e. The van der Waals surface area contributed by atoms with Crippen molar-refractivity contribution in [2.75, 3.05) is 50.9 Å². The molecule has 5 rings (SSSR count). The maximum absolute atomic E-state index is 9.68. The molecule has 2 fully saturated rings. The molecule has 27 heavy (non-hydrogen) atoms. The molecule has 1 atom stereocenters. The van der Waals surface area contributed by atoms with Crippen LogP contribution in [0.1, 0.15) is 35.5 Å². The largest absolute Gasteiger partial charge is 0.396 e. The first-order chi connectivity index (χ1) is 13.3. The number of aliphatic hydroxyl groups is 1. The van der Waals surface area contributed by atoms with Crippen LogP contribution >= 0.6 is 11.3 Å². The first kappa shape index (κ1) is 17.8. The van der Waals surface area contributed by atoms with Crippen LogP contribution < -0.4 is 9.80 Å². The van der Waals surface area contributed by atoms with E-state index < -0.39 is 0 Å². The summed E-state index contributed by atoms with van der Waals surface area (Å²) >= 11 is 1.89. The van der Waals surface area contributed by atoms with Crippen LogP contribution in [0.4, 0.5) is 5.82 Å². The lowest BCUT2D eigenvalue weighted by molar-refractivity contribution is -0.922. The van der Waals surface area contributed by atoms with Crippen LogP contribution in [-0.4, -0.2) is 61.1 Å². The Labute approximate surface area is 164 Å². The third kappa shape index (κ3) is 3.46. The molecular formula is C20H29N4O2S+. The van der Waals surface area contributed by atoms with Gasteiger partial charge in [0.25, 0.3) is 0 Å². The van der Waals surface area contributed by atoms with Crippen LogP contribution in [0.25, 0.3) is 10.2 Å². The number of ether oxygens (including phenoxy) is 1. The molecule has 146 valence electrons. The molecule has 0 radical (unpaired) electrons. The van der Waals surface area contributed by atoms with Crippen molar-refractivity contribution in [1.82, 2.24) is 9.97 Å². The summed E-state index contributed by atoms with van der Waals surface area (Å²) in [5.74, 6) is 2.48. The first-order valence-electron chi connectivity index (χ1n) is 10.4. The molecule has 2 saturated heterocycles. The minimum absolute atomic E-state index is 0.275. The number of rotatable bonds is 4. The van der Waals surface area contributed by atoms with Crippen molar-refractivity contribution in [3.63, 3.8) is 0 Å². The number of morpholine rings is 1. The molecule has 0 spiro atoms. The molecule has 0 amide bonds. The fourth-order valence-corrected chi connectivity index (χ4v) is 6.07. The van der Waals surface area contributed by atoms with Gasteiger partial charge in [0.15, 0.2) is 5.82 Å². The van der Waals surface area contributed by atoms with Gasteiger partial charge in [0, 0.05) is 24.6 Å². The molecule has 2 aromatic heterocycles. The summed E-state index contributed by atoms with van der Waals surface area (Å²) in [6, 6.07) is 0. The van der Waals surface area contributed by atoms with E-state index in [1.165, 1.54) is 38.4 Å². The average molecular weight is 390 g/mol. The fourth-order valence-electron chi connectivity index (χ4n) is 4.79. The molecule has 0 aromatic carbocycles. The van der Waals surface area contributed by atoms with Gasteiger partial charge in [0.05, 0.1) is 18.6 Å². The summed E-state index contributed by atoms with van der Waals surface area (Å²) in [5.41, 5.74) is 1.50. The first-order valence-corrected chi connectivity index (χ1v) is 11.2. The minimum atomic E-state index is 0.275. The van der Waals surface area contributed by atoms with E-state index in [2.05, 4.69) is 4.90 Å². The Morgan fingerprint density at radius 2 is 2.07 bits per heavy atom. The second kappa shape index (κ2) is 7.62. The van der Waals surface area contributed by atoms with Crippen molar-refractivity contribution in [3.8, 4) is 0 Å². The molecule has 2 aromatic rings. The Balaban J connectivity index is 1.53. The standard InChI is InChI=1S/C20H28N4O2S/c25-13-14-3-2-6-24(11-14)19-18-15-4-1-5-16(15)27-20(18)22-17(21-19)12-23-7-9-26-10-8-23/h14,25H,1-13H2/p+1/t14-/m0/s1. The lowest BCUT2D eigenvalue weighted by Crippen LogP contribution is -3.12. The molecule has 3 aliphatic rings. The smallest absolute Gasteiger partial charge is 0.187 e. The van der Waals surface area contributed by atoms with E-state index in [0.717, 1.165) is 76.8 Å². The number of fused-ring (bicyclic) bond motifs is 3. The summed E-state index contributed by atoms with van der Waals surface area (Å²) in [7, 11) is 0. The van der Waals surface area contributed by atoms with Gasteiger partial charge in [-0.3, -0.25) is 0 Å². The number of quaternary nitrogens is 1. The van der Waals surface area contributed by atoms with Crippen molar-refractivity contribution in [2.45, 2.75) is 38.6 Å². The van der Waals surface area contributed by atoms with E-state index in [1.807, 2.05) is 11.3 Å². The van der Waals surface area contributed by atoms with E-state index in [9.17, 15) is 5.11 Å². The highest BCUT2D eigenvalue weighted by atomic mass is 32.1. The number of hydrogen-bond donors (Lipinski definition) is 2. The van der Waals surface area contributed by atoms with Gasteiger partial charge < -0.3 is 19.6 Å². The van der Waals surface area contributed by atoms with Crippen LogP contribution in [-0.2, 0) is 24.1 Å². The van der Waals surface area contributed by atoms with Crippen LogP contribution in [0.3, 0.4) is 0 Å². The van der Waals surface area contributed by atoms with Crippen LogP contribution in [0.15, 0.2) is 0 Å². The summed E-state index contributed by atoms with van der Waals surface area (Å²) in [6.07, 6.45) is 5.87. The topological polar surface area (TPSA) is 62.9 Å². The maximum atomic E-state index is 9.68. The van der Waals surface area contributed by atoms with Gasteiger partial charge in [-0.05, 0) is 43.6 Å². The second-order valence-corrected chi connectivity index (χ2v) is 9.26. The van der Waals surface area contributed by atoms with Crippen molar-refractivity contribution in [2.24, 2.45) is 5.92 Å². The van der Waals surface area contributed by atoms with Crippen molar-refractivity contribution in [3.05, 3.63) is 16.3 Å². The lowest BCUT2D eigenvalue weighted by atomic mass is 9.98. The van der Waals surface area contributed by atoms with Gasteiger partial charge >= 0.3 is 0 Å². The van der Waals surface area contributed by atoms with Crippen molar-refractivity contribution >= 4 is 27.4 Å². The predicted molar refractivity (Wildman–Crippen MR) is 107 cm³/mol. The number of hydrogen-bond acceptors (Lipinski definition) is 6. The highest BCUT2D eigenvalue weighted by Crippen LogP contribution is 2.41. The Bertz CT molecular complexity index is 818. The number of anilines is 1. The molecule has 6 nitrogen and oxygen atoms in total. The summed E-state index contributed by atoms with van der Waals surface area (Å²) in [4.78, 5) is 16.8. The summed E-state index contributed by atoms with van der Waals surface area (Å²) in [6.45, 7) is 6.85. The molecule has 0 unspecified atom stereocenters. The van der Waals surface area contributed by atoms with Crippen molar-refractivity contribution in [1.29, 1.82) is 0 Å². The molecule has 0 saturated carbocycles. The number of piperidine rings is 1. The van der Waals surface area contributed by atoms with Gasteiger partial charge in [-0.2, -0.15) is 0 Å². The van der Waals surface area contributed by atoms with Gasteiger partial charge in [-0.1, -0.05) is 0 Å². The number of nitrogens with one attached hydrogen (secondary N) is 1. The Morgan fingerprint density at radius 1 is 1.19 bits per heavy atom. The molecule has 1 aliphatic carbocycles. The van der Waals surface area contributed by atoms with Gasteiger partial charge in [-0.15, -0.1) is 11.3 Å². The number of aryl methyl sites for hydroxylation is 2. The molecule has 7 heteroatoms.